The Labute approximate surface area is 206 Å². The lowest BCUT2D eigenvalue weighted by atomic mass is 10.2. The highest BCUT2D eigenvalue weighted by molar-refractivity contribution is 7.90. The zero-order chi connectivity index (χ0) is 25.4. The van der Waals surface area contributed by atoms with Gasteiger partial charge in [-0.2, -0.15) is 0 Å². The summed E-state index contributed by atoms with van der Waals surface area (Å²) in [6.07, 6.45) is 1.04. The molecule has 2 amide bonds. The van der Waals surface area contributed by atoms with Crippen LogP contribution in [0, 0.1) is 0 Å². The van der Waals surface area contributed by atoms with Crippen molar-refractivity contribution < 1.29 is 32.3 Å². The highest BCUT2D eigenvalue weighted by Gasteiger charge is 2.22. The Balaban J connectivity index is 1.66. The van der Waals surface area contributed by atoms with E-state index in [1.165, 1.54) is 25.3 Å². The molecular weight excluding hydrogens is 498 g/mol. The molecule has 3 rings (SSSR count). The van der Waals surface area contributed by atoms with Gasteiger partial charge in [-0.05, 0) is 42.5 Å². The fraction of sp³-hybridized carbons (Fsp3) is 0.130. The molecule has 2 aromatic carbocycles. The second-order valence-electron chi connectivity index (χ2n) is 6.92. The maximum absolute atomic E-state index is 12.7. The molecule has 35 heavy (non-hydrogen) atoms. The number of nitrogens with zero attached hydrogens (tertiary/aromatic N) is 1. The summed E-state index contributed by atoms with van der Waals surface area (Å²) in [6.45, 7) is 0.330. The largest absolute Gasteiger partial charge is 0.492 e. The number of aromatic nitrogens is 1. The lowest BCUT2D eigenvalue weighted by Crippen LogP contribution is -2.31. The minimum Gasteiger partial charge on any atom is -0.492 e. The van der Waals surface area contributed by atoms with Crippen LogP contribution in [0.3, 0.4) is 0 Å². The van der Waals surface area contributed by atoms with Gasteiger partial charge in [0.05, 0.1) is 34.7 Å². The molecule has 10 nitrogen and oxygen atoms in total. The highest BCUT2D eigenvalue weighted by Crippen LogP contribution is 2.21. The van der Waals surface area contributed by atoms with Gasteiger partial charge in [-0.25, -0.2) is 22.9 Å². The van der Waals surface area contributed by atoms with Gasteiger partial charge in [0.2, 0.25) is 0 Å². The van der Waals surface area contributed by atoms with Crippen molar-refractivity contribution in [1.29, 1.82) is 0 Å². The van der Waals surface area contributed by atoms with Crippen molar-refractivity contribution in [3.05, 3.63) is 88.7 Å². The number of rotatable bonds is 9. The van der Waals surface area contributed by atoms with Crippen LogP contribution in [0.2, 0.25) is 5.02 Å². The van der Waals surface area contributed by atoms with E-state index in [0.29, 0.717) is 5.75 Å². The lowest BCUT2D eigenvalue weighted by molar-refractivity contribution is 0.0593. The maximum Gasteiger partial charge on any atom is 0.356 e. The molecule has 2 N–H and O–H groups in total. The smallest absolute Gasteiger partial charge is 0.356 e. The van der Waals surface area contributed by atoms with Gasteiger partial charge < -0.3 is 14.8 Å². The average molecular weight is 518 g/mol. The average Bonchev–Trinajstić information content (AvgIpc) is 2.86. The SMILES string of the molecule is COC(=O)c1ccc(C(=O)NS(=O)(=O)c2ccc(Cl)c(C(=O)NCCOc3ccccc3)c2)cn1. The van der Waals surface area contributed by atoms with Gasteiger partial charge in [-0.3, -0.25) is 9.59 Å². The number of sulfonamides is 1. The summed E-state index contributed by atoms with van der Waals surface area (Å²) in [7, 11) is -3.18. The Bertz CT molecular complexity index is 1330. The molecule has 0 spiro atoms. The van der Waals surface area contributed by atoms with E-state index in [9.17, 15) is 22.8 Å². The molecule has 1 aromatic heterocycles. The Morgan fingerprint density at radius 1 is 1.00 bits per heavy atom. The number of hydrogen-bond donors (Lipinski definition) is 2. The van der Waals surface area contributed by atoms with Crippen LogP contribution >= 0.6 is 11.6 Å². The first kappa shape index (κ1) is 25.7. The van der Waals surface area contributed by atoms with Crippen molar-refractivity contribution in [2.75, 3.05) is 20.3 Å². The van der Waals surface area contributed by atoms with Gasteiger partial charge in [0, 0.05) is 6.20 Å². The van der Waals surface area contributed by atoms with Gasteiger partial charge in [0.1, 0.15) is 18.1 Å². The van der Waals surface area contributed by atoms with E-state index in [2.05, 4.69) is 15.0 Å². The van der Waals surface area contributed by atoms with Crippen molar-refractivity contribution >= 4 is 39.4 Å². The Morgan fingerprint density at radius 2 is 1.74 bits per heavy atom. The number of carbonyl (C=O) groups excluding carboxylic acids is 3. The predicted molar refractivity (Wildman–Crippen MR) is 126 cm³/mol. The van der Waals surface area contributed by atoms with E-state index in [0.717, 1.165) is 18.3 Å². The molecule has 3 aromatic rings. The summed E-state index contributed by atoms with van der Waals surface area (Å²) in [6, 6.07) is 14.9. The monoisotopic (exact) mass is 517 g/mol. The summed E-state index contributed by atoms with van der Waals surface area (Å²) >= 11 is 6.08. The number of ether oxygens (including phenoxy) is 2. The third-order valence-corrected chi connectivity index (χ3v) is 6.20. The molecule has 182 valence electrons. The predicted octanol–water partition coefficient (Wildman–Crippen LogP) is 2.45. The van der Waals surface area contributed by atoms with Crippen molar-refractivity contribution in [1.82, 2.24) is 15.0 Å². The van der Waals surface area contributed by atoms with Crippen LogP contribution in [-0.2, 0) is 14.8 Å². The van der Waals surface area contributed by atoms with Gasteiger partial charge in [0.25, 0.3) is 21.8 Å². The molecule has 0 unspecified atom stereocenters. The topological polar surface area (TPSA) is 141 Å². The number of nitrogens with one attached hydrogen (secondary N) is 2. The third-order valence-electron chi connectivity index (χ3n) is 4.54. The van der Waals surface area contributed by atoms with Crippen LogP contribution in [0.25, 0.3) is 0 Å². The fourth-order valence-corrected chi connectivity index (χ4v) is 3.99. The molecule has 12 heteroatoms. The fourth-order valence-electron chi connectivity index (χ4n) is 2.78. The summed E-state index contributed by atoms with van der Waals surface area (Å²) in [5, 5.41) is 2.63. The van der Waals surface area contributed by atoms with Gasteiger partial charge >= 0.3 is 5.97 Å². The first-order valence-corrected chi connectivity index (χ1v) is 11.9. The number of para-hydroxylation sites is 1. The molecule has 0 fully saturated rings. The number of pyridine rings is 1. The molecule has 0 bridgehead atoms. The van der Waals surface area contributed by atoms with Crippen molar-refractivity contribution in [2.45, 2.75) is 4.90 Å². The Kier molecular flexibility index (Phi) is 8.39. The zero-order valence-electron chi connectivity index (χ0n) is 18.4. The van der Waals surface area contributed by atoms with Gasteiger partial charge in [-0.15, -0.1) is 0 Å². The second kappa shape index (κ2) is 11.4. The number of benzene rings is 2. The summed E-state index contributed by atoms with van der Waals surface area (Å²) in [4.78, 5) is 39.8. The molecule has 0 radical (unpaired) electrons. The summed E-state index contributed by atoms with van der Waals surface area (Å²) in [5.74, 6) is -1.66. The molecule has 0 aliphatic heterocycles. The standard InChI is InChI=1S/C23H20ClN3O7S/c1-33-23(30)20-10-7-15(14-26-20)21(28)27-35(31,32)17-8-9-19(24)18(13-17)22(29)25-11-12-34-16-5-3-2-4-6-16/h2-10,13-14H,11-12H2,1H3,(H,25,29)(H,27,28). The number of esters is 1. The Morgan fingerprint density at radius 3 is 2.40 bits per heavy atom. The molecule has 0 saturated heterocycles. The van der Waals surface area contributed by atoms with E-state index in [4.69, 9.17) is 16.3 Å². The van der Waals surface area contributed by atoms with Crippen molar-refractivity contribution in [2.24, 2.45) is 0 Å². The normalized spacial score (nSPS) is 10.8. The van der Waals surface area contributed by atoms with E-state index >= 15 is 0 Å². The Hall–Kier alpha value is -3.96. The third kappa shape index (κ3) is 6.78. The van der Waals surface area contributed by atoms with Gasteiger partial charge in [0.15, 0.2) is 0 Å². The number of amides is 2. The van der Waals surface area contributed by atoms with E-state index in [1.807, 2.05) is 22.9 Å². The minimum atomic E-state index is -4.36. The molecule has 0 atom stereocenters. The highest BCUT2D eigenvalue weighted by atomic mass is 35.5. The molecule has 0 saturated carbocycles. The van der Waals surface area contributed by atoms with Crippen LogP contribution < -0.4 is 14.8 Å². The number of carbonyl (C=O) groups is 3. The quantitative estimate of drug-likeness (QED) is 0.326. The molecule has 1 heterocycles. The van der Waals surface area contributed by atoms with E-state index in [-0.39, 0.29) is 39.9 Å². The minimum absolute atomic E-state index is 0.0272. The van der Waals surface area contributed by atoms with Crippen LogP contribution in [0.15, 0.2) is 71.8 Å². The number of hydrogen-bond acceptors (Lipinski definition) is 8. The van der Waals surface area contributed by atoms with Crippen LogP contribution in [0.1, 0.15) is 31.2 Å². The summed E-state index contributed by atoms with van der Waals surface area (Å²) < 4.78 is 37.3. The number of halogens is 1. The first-order chi connectivity index (χ1) is 16.7. The van der Waals surface area contributed by atoms with Crippen molar-refractivity contribution in [3.63, 3.8) is 0 Å². The molecule has 0 aliphatic carbocycles. The van der Waals surface area contributed by atoms with Crippen molar-refractivity contribution in [3.8, 4) is 5.75 Å². The van der Waals surface area contributed by atoms with E-state index in [1.54, 1.807) is 12.1 Å². The van der Waals surface area contributed by atoms with Crippen LogP contribution in [0.5, 0.6) is 5.75 Å². The summed E-state index contributed by atoms with van der Waals surface area (Å²) in [5.41, 5.74) is -0.244. The lowest BCUT2D eigenvalue weighted by Gasteiger charge is -2.11. The molecule has 0 aliphatic rings. The maximum atomic E-state index is 12.7. The van der Waals surface area contributed by atoms with Crippen LogP contribution in [-0.4, -0.2) is 51.4 Å². The van der Waals surface area contributed by atoms with Gasteiger partial charge in [-0.1, -0.05) is 29.8 Å². The second-order valence-corrected chi connectivity index (χ2v) is 9.01. The number of methoxy groups -OCH3 is 1. The first-order valence-electron chi connectivity index (χ1n) is 10.1. The van der Waals surface area contributed by atoms with Crippen LogP contribution in [0.4, 0.5) is 0 Å². The zero-order valence-corrected chi connectivity index (χ0v) is 19.9. The van der Waals surface area contributed by atoms with E-state index < -0.39 is 27.8 Å². The molecular formula is C23H20ClN3O7S.